The Morgan fingerprint density at radius 1 is 1.31 bits per heavy atom. The number of methoxy groups -OCH3 is 1. The molecule has 142 valence electrons. The number of likely N-dealkylation sites (tertiary alicyclic amines) is 1. The summed E-state index contributed by atoms with van der Waals surface area (Å²) in [6.07, 6.45) is 2.96. The number of nitrogens with zero attached hydrogens (tertiary/aromatic N) is 4. The van der Waals surface area contributed by atoms with E-state index in [1.54, 1.807) is 4.90 Å². The van der Waals surface area contributed by atoms with Gasteiger partial charge in [-0.25, -0.2) is 9.97 Å². The molecule has 0 radical (unpaired) electrons. The Hall–Kier alpha value is -2.02. The van der Waals surface area contributed by atoms with Gasteiger partial charge in [-0.05, 0) is 32.1 Å². The predicted molar refractivity (Wildman–Crippen MR) is 97.8 cm³/mol. The first-order chi connectivity index (χ1) is 12.4. The van der Waals surface area contributed by atoms with Crippen molar-refractivity contribution in [2.24, 2.45) is 5.92 Å². The number of carbonyl (C=O) groups excluding carboxylic acids is 2. The minimum absolute atomic E-state index is 0.0379. The van der Waals surface area contributed by atoms with E-state index >= 15 is 0 Å². The second kappa shape index (κ2) is 7.70. The van der Waals surface area contributed by atoms with Crippen molar-refractivity contribution in [2.45, 2.75) is 52.5 Å². The van der Waals surface area contributed by atoms with Gasteiger partial charge in [0, 0.05) is 37.9 Å². The second-order valence-corrected chi connectivity index (χ2v) is 7.55. The van der Waals surface area contributed by atoms with E-state index in [4.69, 9.17) is 14.7 Å². The van der Waals surface area contributed by atoms with Gasteiger partial charge in [0.05, 0.1) is 6.04 Å². The lowest BCUT2D eigenvalue weighted by Gasteiger charge is -2.32. The minimum Gasteiger partial charge on any atom is -0.375 e. The molecule has 26 heavy (non-hydrogen) atoms. The van der Waals surface area contributed by atoms with Crippen molar-refractivity contribution in [2.75, 3.05) is 31.7 Å². The van der Waals surface area contributed by atoms with Crippen molar-refractivity contribution in [3.05, 3.63) is 17.1 Å². The van der Waals surface area contributed by atoms with Crippen molar-refractivity contribution >= 4 is 17.6 Å². The van der Waals surface area contributed by atoms with Crippen molar-refractivity contribution in [3.8, 4) is 0 Å². The van der Waals surface area contributed by atoms with Crippen LogP contribution in [-0.4, -0.2) is 53.5 Å². The summed E-state index contributed by atoms with van der Waals surface area (Å²) in [7, 11) is 1.53. The maximum absolute atomic E-state index is 12.5. The number of rotatable bonds is 5. The Morgan fingerprint density at radius 3 is 2.77 bits per heavy atom. The summed E-state index contributed by atoms with van der Waals surface area (Å²) in [6.45, 7) is 7.58. The lowest BCUT2D eigenvalue weighted by atomic mass is 10.0. The number of hydrogen-bond acceptors (Lipinski definition) is 5. The van der Waals surface area contributed by atoms with Crippen LogP contribution in [0.4, 0.5) is 5.82 Å². The fourth-order valence-electron chi connectivity index (χ4n) is 3.85. The standard InChI is InChI=1S/C19H28N4O3/c1-12(2)10-23-16(24)8-7-14-13(3)20-18(21-19(14)23)15-6-5-9-22(15)17(25)11-26-4/h12,15H,5-11H2,1-4H3/t15-/m1/s1. The van der Waals surface area contributed by atoms with Gasteiger partial charge >= 0.3 is 0 Å². The molecule has 7 heteroatoms. The van der Waals surface area contributed by atoms with E-state index in [0.717, 1.165) is 29.9 Å². The number of aryl methyl sites for hydroxylation is 1. The summed E-state index contributed by atoms with van der Waals surface area (Å²) in [6, 6.07) is -0.139. The Bertz CT molecular complexity index is 704. The van der Waals surface area contributed by atoms with Crippen LogP contribution in [0, 0.1) is 12.8 Å². The molecule has 1 saturated heterocycles. The van der Waals surface area contributed by atoms with E-state index < -0.39 is 0 Å². The minimum atomic E-state index is -0.139. The lowest BCUT2D eigenvalue weighted by Crippen LogP contribution is -2.40. The van der Waals surface area contributed by atoms with Gasteiger partial charge in [-0.15, -0.1) is 0 Å². The topological polar surface area (TPSA) is 75.6 Å². The molecular weight excluding hydrogens is 332 g/mol. The first-order valence-corrected chi connectivity index (χ1v) is 9.38. The van der Waals surface area contributed by atoms with Crippen LogP contribution in [0.5, 0.6) is 0 Å². The normalized spacial score (nSPS) is 20.0. The fourth-order valence-corrected chi connectivity index (χ4v) is 3.85. The van der Waals surface area contributed by atoms with Crippen LogP contribution in [-0.2, 0) is 20.7 Å². The molecule has 1 aromatic rings. The van der Waals surface area contributed by atoms with Crippen LogP contribution in [0.2, 0.25) is 0 Å². The number of anilines is 1. The van der Waals surface area contributed by atoms with E-state index in [9.17, 15) is 9.59 Å². The molecule has 1 aromatic heterocycles. The number of amides is 2. The molecule has 2 amide bonds. The molecule has 0 N–H and O–H groups in total. The zero-order valence-corrected chi connectivity index (χ0v) is 16.1. The van der Waals surface area contributed by atoms with Crippen molar-refractivity contribution in [3.63, 3.8) is 0 Å². The molecule has 0 aliphatic carbocycles. The highest BCUT2D eigenvalue weighted by Gasteiger charge is 2.35. The summed E-state index contributed by atoms with van der Waals surface area (Å²) in [5.74, 6) is 1.82. The van der Waals surface area contributed by atoms with Crippen LogP contribution in [0.3, 0.4) is 0 Å². The summed E-state index contributed by atoms with van der Waals surface area (Å²) < 4.78 is 5.00. The molecular formula is C19H28N4O3. The van der Waals surface area contributed by atoms with Gasteiger partial charge in [0.25, 0.3) is 0 Å². The molecule has 0 bridgehead atoms. The van der Waals surface area contributed by atoms with Gasteiger partial charge in [0.2, 0.25) is 11.8 Å². The highest BCUT2D eigenvalue weighted by molar-refractivity contribution is 5.95. The van der Waals surface area contributed by atoms with Crippen molar-refractivity contribution < 1.29 is 14.3 Å². The third kappa shape index (κ3) is 3.58. The van der Waals surface area contributed by atoms with Crippen LogP contribution in [0.1, 0.15) is 56.2 Å². The highest BCUT2D eigenvalue weighted by Crippen LogP contribution is 2.34. The number of carbonyl (C=O) groups is 2. The van der Waals surface area contributed by atoms with Crippen LogP contribution in [0.15, 0.2) is 0 Å². The Balaban J connectivity index is 1.97. The quantitative estimate of drug-likeness (QED) is 0.803. The Morgan fingerprint density at radius 2 is 2.08 bits per heavy atom. The third-order valence-electron chi connectivity index (χ3n) is 5.04. The van der Waals surface area contributed by atoms with Crippen LogP contribution >= 0.6 is 0 Å². The summed E-state index contributed by atoms with van der Waals surface area (Å²) in [5, 5.41) is 0. The monoisotopic (exact) mass is 360 g/mol. The van der Waals surface area contributed by atoms with Crippen LogP contribution < -0.4 is 4.90 Å². The van der Waals surface area contributed by atoms with E-state index in [1.165, 1.54) is 7.11 Å². The fraction of sp³-hybridized carbons (Fsp3) is 0.684. The average Bonchev–Trinajstić information content (AvgIpc) is 3.07. The Labute approximate surface area is 154 Å². The molecule has 3 heterocycles. The van der Waals surface area contributed by atoms with Crippen molar-refractivity contribution in [1.82, 2.24) is 14.9 Å². The molecule has 0 saturated carbocycles. The summed E-state index contributed by atoms with van der Waals surface area (Å²) in [5.41, 5.74) is 1.97. The van der Waals surface area contributed by atoms with Gasteiger partial charge in [0.1, 0.15) is 12.4 Å². The lowest BCUT2D eigenvalue weighted by molar-refractivity contribution is -0.136. The van der Waals surface area contributed by atoms with E-state index in [2.05, 4.69) is 13.8 Å². The van der Waals surface area contributed by atoms with E-state index in [-0.39, 0.29) is 24.5 Å². The maximum Gasteiger partial charge on any atom is 0.249 e. The number of ether oxygens (including phenoxy) is 1. The first kappa shape index (κ1) is 18.8. The molecule has 1 fully saturated rings. The average molecular weight is 360 g/mol. The summed E-state index contributed by atoms with van der Waals surface area (Å²) in [4.78, 5) is 37.9. The first-order valence-electron chi connectivity index (χ1n) is 9.38. The van der Waals surface area contributed by atoms with Gasteiger partial charge < -0.3 is 9.64 Å². The molecule has 3 rings (SSSR count). The zero-order chi connectivity index (χ0) is 18.8. The number of fused-ring (bicyclic) bond motifs is 1. The van der Waals surface area contributed by atoms with E-state index in [0.29, 0.717) is 37.7 Å². The molecule has 0 spiro atoms. The number of hydrogen-bond donors (Lipinski definition) is 0. The zero-order valence-electron chi connectivity index (χ0n) is 16.1. The third-order valence-corrected chi connectivity index (χ3v) is 5.04. The second-order valence-electron chi connectivity index (χ2n) is 7.55. The van der Waals surface area contributed by atoms with Crippen LogP contribution in [0.25, 0.3) is 0 Å². The molecule has 2 aliphatic heterocycles. The Kier molecular flexibility index (Phi) is 5.55. The van der Waals surface area contributed by atoms with Gasteiger partial charge in [-0.2, -0.15) is 0 Å². The number of aromatic nitrogens is 2. The van der Waals surface area contributed by atoms with Gasteiger partial charge in [0.15, 0.2) is 5.82 Å². The molecule has 1 atom stereocenters. The molecule has 2 aliphatic rings. The maximum atomic E-state index is 12.5. The van der Waals surface area contributed by atoms with Gasteiger partial charge in [-0.1, -0.05) is 13.8 Å². The molecule has 0 unspecified atom stereocenters. The highest BCUT2D eigenvalue weighted by atomic mass is 16.5. The largest absolute Gasteiger partial charge is 0.375 e. The summed E-state index contributed by atoms with van der Waals surface area (Å²) >= 11 is 0. The van der Waals surface area contributed by atoms with Gasteiger partial charge in [-0.3, -0.25) is 14.5 Å². The molecule has 0 aromatic carbocycles. The van der Waals surface area contributed by atoms with Crippen molar-refractivity contribution in [1.29, 1.82) is 0 Å². The smallest absolute Gasteiger partial charge is 0.249 e. The SMILES string of the molecule is COCC(=O)N1CCC[C@@H]1c1nc(C)c2c(n1)N(CC(C)C)C(=O)CC2. The molecule has 7 nitrogen and oxygen atoms in total. The van der Waals surface area contributed by atoms with E-state index in [1.807, 2.05) is 11.8 Å². The predicted octanol–water partition coefficient (Wildman–Crippen LogP) is 2.03.